The minimum Gasteiger partial charge on any atom is -0.374 e. The summed E-state index contributed by atoms with van der Waals surface area (Å²) in [6.45, 7) is 3.86. The van der Waals surface area contributed by atoms with E-state index in [1.807, 2.05) is 36.9 Å². The summed E-state index contributed by atoms with van der Waals surface area (Å²) >= 11 is 0. The SMILES string of the molecule is CC(Nc1cccc(NS(C)(=O)=O)c1)C(=O)N1c2ccccc2CC1C. The number of carbonyl (C=O) groups excluding carboxylic acids is 1. The van der Waals surface area contributed by atoms with Crippen LogP contribution in [0.3, 0.4) is 0 Å². The summed E-state index contributed by atoms with van der Waals surface area (Å²) in [6.07, 6.45) is 1.95. The number of sulfonamides is 1. The van der Waals surface area contributed by atoms with E-state index < -0.39 is 16.1 Å². The summed E-state index contributed by atoms with van der Waals surface area (Å²) in [5, 5.41) is 3.17. The number of rotatable bonds is 5. The van der Waals surface area contributed by atoms with Gasteiger partial charge in [0.05, 0.1) is 11.9 Å². The maximum Gasteiger partial charge on any atom is 0.249 e. The number of nitrogens with zero attached hydrogens (tertiary/aromatic N) is 1. The number of amides is 1. The summed E-state index contributed by atoms with van der Waals surface area (Å²) in [7, 11) is -3.35. The van der Waals surface area contributed by atoms with Gasteiger partial charge >= 0.3 is 0 Å². The van der Waals surface area contributed by atoms with Crippen molar-refractivity contribution in [2.75, 3.05) is 21.2 Å². The number of benzene rings is 2. The molecular weight excluding hydrogens is 350 g/mol. The molecule has 2 N–H and O–H groups in total. The maximum absolute atomic E-state index is 13.0. The Morgan fingerprint density at radius 2 is 1.85 bits per heavy atom. The lowest BCUT2D eigenvalue weighted by molar-refractivity contribution is -0.119. The Balaban J connectivity index is 1.75. The highest BCUT2D eigenvalue weighted by atomic mass is 32.2. The van der Waals surface area contributed by atoms with Gasteiger partial charge in [-0.1, -0.05) is 24.3 Å². The molecule has 0 bridgehead atoms. The Labute approximate surface area is 154 Å². The number of anilines is 3. The van der Waals surface area contributed by atoms with E-state index in [0.29, 0.717) is 11.4 Å². The van der Waals surface area contributed by atoms with Crippen LogP contribution in [0.2, 0.25) is 0 Å². The molecule has 7 heteroatoms. The van der Waals surface area contributed by atoms with Crippen molar-refractivity contribution in [1.82, 2.24) is 0 Å². The van der Waals surface area contributed by atoms with E-state index in [1.165, 1.54) is 5.56 Å². The average molecular weight is 373 g/mol. The third-order valence-electron chi connectivity index (χ3n) is 4.36. The second-order valence-corrected chi connectivity index (χ2v) is 8.46. The largest absolute Gasteiger partial charge is 0.374 e. The van der Waals surface area contributed by atoms with Gasteiger partial charge < -0.3 is 10.2 Å². The Bertz CT molecular complexity index is 927. The lowest BCUT2D eigenvalue weighted by atomic mass is 10.1. The van der Waals surface area contributed by atoms with Crippen LogP contribution in [-0.4, -0.2) is 32.7 Å². The van der Waals surface area contributed by atoms with Gasteiger partial charge in [-0.3, -0.25) is 9.52 Å². The zero-order chi connectivity index (χ0) is 18.9. The van der Waals surface area contributed by atoms with E-state index in [4.69, 9.17) is 0 Å². The van der Waals surface area contributed by atoms with Crippen LogP contribution in [-0.2, 0) is 21.2 Å². The van der Waals surface area contributed by atoms with Gasteiger partial charge in [0, 0.05) is 17.4 Å². The van der Waals surface area contributed by atoms with Crippen LogP contribution in [0.15, 0.2) is 48.5 Å². The van der Waals surface area contributed by atoms with Crippen molar-refractivity contribution in [1.29, 1.82) is 0 Å². The van der Waals surface area contributed by atoms with E-state index >= 15 is 0 Å². The molecule has 6 nitrogen and oxygen atoms in total. The molecule has 3 rings (SSSR count). The molecule has 2 atom stereocenters. The molecule has 1 heterocycles. The Morgan fingerprint density at radius 3 is 2.58 bits per heavy atom. The fraction of sp³-hybridized carbons (Fsp3) is 0.316. The highest BCUT2D eigenvalue weighted by molar-refractivity contribution is 7.92. The summed E-state index contributed by atoms with van der Waals surface area (Å²) in [5.41, 5.74) is 3.28. The van der Waals surface area contributed by atoms with E-state index in [9.17, 15) is 13.2 Å². The lowest BCUT2D eigenvalue weighted by Gasteiger charge is -2.27. The van der Waals surface area contributed by atoms with Crippen molar-refractivity contribution < 1.29 is 13.2 Å². The van der Waals surface area contributed by atoms with Gasteiger partial charge in [0.25, 0.3) is 0 Å². The van der Waals surface area contributed by atoms with Gasteiger partial charge in [0.1, 0.15) is 6.04 Å². The Hall–Kier alpha value is -2.54. The maximum atomic E-state index is 13.0. The number of hydrogen-bond donors (Lipinski definition) is 2. The van der Waals surface area contributed by atoms with E-state index in [2.05, 4.69) is 16.1 Å². The molecule has 1 aliphatic rings. The van der Waals surface area contributed by atoms with Crippen molar-refractivity contribution in [3.8, 4) is 0 Å². The van der Waals surface area contributed by atoms with Gasteiger partial charge in [-0.05, 0) is 50.1 Å². The molecule has 0 aliphatic carbocycles. The van der Waals surface area contributed by atoms with E-state index in [-0.39, 0.29) is 11.9 Å². The number of fused-ring (bicyclic) bond motifs is 1. The van der Waals surface area contributed by atoms with E-state index in [1.54, 1.807) is 24.3 Å². The van der Waals surface area contributed by atoms with Crippen molar-refractivity contribution in [2.45, 2.75) is 32.4 Å². The smallest absolute Gasteiger partial charge is 0.249 e. The van der Waals surface area contributed by atoms with Crippen LogP contribution < -0.4 is 14.9 Å². The first-order chi connectivity index (χ1) is 12.2. The molecule has 1 amide bonds. The van der Waals surface area contributed by atoms with Crippen LogP contribution in [0.5, 0.6) is 0 Å². The summed E-state index contributed by atoms with van der Waals surface area (Å²) < 4.78 is 25.2. The molecule has 0 saturated heterocycles. The fourth-order valence-corrected chi connectivity index (χ4v) is 3.86. The molecule has 2 aromatic carbocycles. The highest BCUT2D eigenvalue weighted by Crippen LogP contribution is 2.32. The number of hydrogen-bond acceptors (Lipinski definition) is 4. The third kappa shape index (κ3) is 3.99. The zero-order valence-electron chi connectivity index (χ0n) is 15.1. The summed E-state index contributed by atoms with van der Waals surface area (Å²) in [4.78, 5) is 14.8. The Kier molecular flexibility index (Phi) is 4.91. The van der Waals surface area contributed by atoms with Crippen molar-refractivity contribution in [3.05, 3.63) is 54.1 Å². The quantitative estimate of drug-likeness (QED) is 0.845. The normalized spacial score (nSPS) is 17.5. The van der Waals surface area contributed by atoms with Gasteiger partial charge in [-0.25, -0.2) is 8.42 Å². The molecule has 0 saturated carbocycles. The van der Waals surface area contributed by atoms with Crippen LogP contribution in [0.4, 0.5) is 17.1 Å². The molecule has 2 unspecified atom stereocenters. The molecule has 26 heavy (non-hydrogen) atoms. The number of carbonyl (C=O) groups is 1. The Morgan fingerprint density at radius 1 is 1.15 bits per heavy atom. The second-order valence-electron chi connectivity index (χ2n) is 6.71. The first-order valence-corrected chi connectivity index (χ1v) is 10.4. The fourth-order valence-electron chi connectivity index (χ4n) is 3.31. The van der Waals surface area contributed by atoms with Crippen molar-refractivity contribution >= 4 is 33.0 Å². The lowest BCUT2D eigenvalue weighted by Crippen LogP contribution is -2.44. The van der Waals surface area contributed by atoms with Gasteiger partial charge in [0.15, 0.2) is 0 Å². The first-order valence-electron chi connectivity index (χ1n) is 8.50. The highest BCUT2D eigenvalue weighted by Gasteiger charge is 2.32. The summed E-state index contributed by atoms with van der Waals surface area (Å²) in [6, 6.07) is 14.5. The topological polar surface area (TPSA) is 78.5 Å². The monoisotopic (exact) mass is 373 g/mol. The van der Waals surface area contributed by atoms with Crippen molar-refractivity contribution in [2.24, 2.45) is 0 Å². The van der Waals surface area contributed by atoms with E-state index in [0.717, 1.165) is 18.4 Å². The average Bonchev–Trinajstić information content (AvgIpc) is 2.88. The van der Waals surface area contributed by atoms with Crippen LogP contribution in [0, 0.1) is 0 Å². The molecule has 0 fully saturated rings. The molecule has 138 valence electrons. The molecular formula is C19H23N3O3S. The second kappa shape index (κ2) is 6.99. The molecule has 0 radical (unpaired) electrons. The van der Waals surface area contributed by atoms with Crippen LogP contribution in [0.25, 0.3) is 0 Å². The number of para-hydroxylation sites is 1. The predicted octanol–water partition coefficient (Wildman–Crippen LogP) is 2.84. The first kappa shape index (κ1) is 18.3. The minimum atomic E-state index is -3.35. The molecule has 1 aliphatic heterocycles. The third-order valence-corrected chi connectivity index (χ3v) is 4.97. The molecule has 0 aromatic heterocycles. The summed E-state index contributed by atoms with van der Waals surface area (Å²) in [5.74, 6) is -0.0103. The predicted molar refractivity (Wildman–Crippen MR) is 105 cm³/mol. The van der Waals surface area contributed by atoms with Gasteiger partial charge in [-0.2, -0.15) is 0 Å². The van der Waals surface area contributed by atoms with Crippen LogP contribution in [0.1, 0.15) is 19.4 Å². The zero-order valence-corrected chi connectivity index (χ0v) is 15.9. The minimum absolute atomic E-state index is 0.0103. The molecule has 2 aromatic rings. The van der Waals surface area contributed by atoms with Gasteiger partial charge in [-0.15, -0.1) is 0 Å². The van der Waals surface area contributed by atoms with Gasteiger partial charge in [0.2, 0.25) is 15.9 Å². The standard InChI is InChI=1S/C19H23N3O3S/c1-13-11-15-7-4-5-10-18(15)22(13)19(23)14(2)20-16-8-6-9-17(12-16)21-26(3,24)25/h4-10,12-14,20-21H,11H2,1-3H3. The van der Waals surface area contributed by atoms with Crippen LogP contribution >= 0.6 is 0 Å². The molecule has 0 spiro atoms. The van der Waals surface area contributed by atoms with Crippen molar-refractivity contribution in [3.63, 3.8) is 0 Å². The number of nitrogens with one attached hydrogen (secondary N) is 2.